The number of amides is 2. The minimum atomic E-state index is -0.248. The Labute approximate surface area is 113 Å². The van der Waals surface area contributed by atoms with Crippen molar-refractivity contribution in [3.63, 3.8) is 0 Å². The van der Waals surface area contributed by atoms with Crippen molar-refractivity contribution >= 4 is 23.6 Å². The van der Waals surface area contributed by atoms with Gasteiger partial charge >= 0.3 is 0 Å². The zero-order valence-electron chi connectivity index (χ0n) is 11.1. The standard InChI is InChI=1S/C13H22N2O2S/c1-3-11-13(17)14-8-12(16)15(11)9-4-6-10(18-2)7-5-9/h9-11H,3-8H2,1-2H3,(H,14,17). The Balaban J connectivity index is 2.05. The number of carbonyl (C=O) groups is 2. The van der Waals surface area contributed by atoms with E-state index in [1.165, 1.54) is 0 Å². The molecule has 1 N–H and O–H groups in total. The van der Waals surface area contributed by atoms with Crippen molar-refractivity contribution in [2.75, 3.05) is 12.8 Å². The molecule has 2 fully saturated rings. The van der Waals surface area contributed by atoms with Crippen LogP contribution in [0, 0.1) is 0 Å². The number of rotatable bonds is 3. The van der Waals surface area contributed by atoms with Crippen LogP contribution in [0.25, 0.3) is 0 Å². The van der Waals surface area contributed by atoms with Gasteiger partial charge in [-0.05, 0) is 38.4 Å². The molecule has 1 aliphatic heterocycles. The van der Waals surface area contributed by atoms with E-state index < -0.39 is 0 Å². The first-order valence-electron chi connectivity index (χ1n) is 6.79. The van der Waals surface area contributed by atoms with Crippen LogP contribution in [0.1, 0.15) is 39.0 Å². The molecule has 0 radical (unpaired) electrons. The number of piperazine rings is 1. The van der Waals surface area contributed by atoms with Crippen LogP contribution in [0.15, 0.2) is 0 Å². The highest BCUT2D eigenvalue weighted by Crippen LogP contribution is 2.31. The van der Waals surface area contributed by atoms with Crippen molar-refractivity contribution in [2.24, 2.45) is 0 Å². The Hall–Kier alpha value is -0.710. The maximum atomic E-state index is 12.1. The maximum Gasteiger partial charge on any atom is 0.243 e. The molecule has 0 aromatic heterocycles. The number of carbonyl (C=O) groups excluding carboxylic acids is 2. The van der Waals surface area contributed by atoms with Gasteiger partial charge in [0, 0.05) is 11.3 Å². The summed E-state index contributed by atoms with van der Waals surface area (Å²) in [5.74, 6) is 0.109. The van der Waals surface area contributed by atoms with Gasteiger partial charge in [-0.25, -0.2) is 0 Å². The highest BCUT2D eigenvalue weighted by Gasteiger charge is 2.38. The first-order valence-corrected chi connectivity index (χ1v) is 8.07. The highest BCUT2D eigenvalue weighted by atomic mass is 32.2. The van der Waals surface area contributed by atoms with Crippen molar-refractivity contribution in [3.8, 4) is 0 Å². The third kappa shape index (κ3) is 2.66. The second-order valence-corrected chi connectivity index (χ2v) is 6.25. The summed E-state index contributed by atoms with van der Waals surface area (Å²) in [6.07, 6.45) is 7.27. The van der Waals surface area contributed by atoms with Crippen LogP contribution in [0.3, 0.4) is 0 Å². The van der Waals surface area contributed by atoms with Gasteiger partial charge in [-0.15, -0.1) is 0 Å². The van der Waals surface area contributed by atoms with E-state index in [2.05, 4.69) is 11.6 Å². The Bertz CT molecular complexity index is 327. The molecule has 1 saturated carbocycles. The average Bonchev–Trinajstić information content (AvgIpc) is 2.41. The van der Waals surface area contributed by atoms with Crippen molar-refractivity contribution in [2.45, 2.75) is 56.4 Å². The summed E-state index contributed by atoms with van der Waals surface area (Å²) in [4.78, 5) is 25.8. The molecule has 1 atom stereocenters. The second kappa shape index (κ2) is 5.95. The summed E-state index contributed by atoms with van der Waals surface area (Å²) in [7, 11) is 0. The van der Waals surface area contributed by atoms with E-state index in [1.807, 2.05) is 23.6 Å². The summed E-state index contributed by atoms with van der Waals surface area (Å²) in [6.45, 7) is 2.15. The van der Waals surface area contributed by atoms with Gasteiger partial charge in [0.1, 0.15) is 6.04 Å². The van der Waals surface area contributed by atoms with Crippen LogP contribution in [-0.2, 0) is 9.59 Å². The molecule has 2 rings (SSSR count). The number of hydrogen-bond donors (Lipinski definition) is 1. The van der Waals surface area contributed by atoms with E-state index >= 15 is 0 Å². The third-order valence-corrected chi connectivity index (χ3v) is 5.24. The molecular formula is C13H22N2O2S. The van der Waals surface area contributed by atoms with E-state index in [4.69, 9.17) is 0 Å². The van der Waals surface area contributed by atoms with E-state index in [0.717, 1.165) is 30.9 Å². The second-order valence-electron chi connectivity index (χ2n) is 5.11. The van der Waals surface area contributed by atoms with E-state index in [9.17, 15) is 9.59 Å². The van der Waals surface area contributed by atoms with E-state index in [-0.39, 0.29) is 30.4 Å². The van der Waals surface area contributed by atoms with Gasteiger partial charge < -0.3 is 10.2 Å². The topological polar surface area (TPSA) is 49.4 Å². The van der Waals surface area contributed by atoms with Crippen LogP contribution in [0.2, 0.25) is 0 Å². The van der Waals surface area contributed by atoms with Crippen LogP contribution in [0.5, 0.6) is 0 Å². The van der Waals surface area contributed by atoms with Gasteiger partial charge in [-0.1, -0.05) is 6.92 Å². The average molecular weight is 270 g/mol. The van der Waals surface area contributed by atoms with Crippen LogP contribution in [-0.4, -0.2) is 46.8 Å². The number of nitrogens with zero attached hydrogens (tertiary/aromatic N) is 1. The van der Waals surface area contributed by atoms with Crippen molar-refractivity contribution in [1.29, 1.82) is 0 Å². The van der Waals surface area contributed by atoms with Crippen LogP contribution in [0.4, 0.5) is 0 Å². The maximum absolute atomic E-state index is 12.1. The lowest BCUT2D eigenvalue weighted by Crippen LogP contribution is -2.61. The molecule has 1 unspecified atom stereocenters. The SMILES string of the molecule is CCC1C(=O)NCC(=O)N1C1CCC(SC)CC1. The normalized spacial score (nSPS) is 33.4. The smallest absolute Gasteiger partial charge is 0.243 e. The summed E-state index contributed by atoms with van der Waals surface area (Å²) in [6, 6.07) is 0.0268. The first kappa shape index (κ1) is 13.7. The molecule has 0 aromatic carbocycles. The van der Waals surface area contributed by atoms with Crippen LogP contribution >= 0.6 is 11.8 Å². The van der Waals surface area contributed by atoms with E-state index in [0.29, 0.717) is 6.42 Å². The zero-order chi connectivity index (χ0) is 13.1. The highest BCUT2D eigenvalue weighted by molar-refractivity contribution is 7.99. The third-order valence-electron chi connectivity index (χ3n) is 4.10. The molecule has 0 spiro atoms. The fourth-order valence-electron chi connectivity index (χ4n) is 3.07. The lowest BCUT2D eigenvalue weighted by Gasteiger charge is -2.42. The number of hydrogen-bond acceptors (Lipinski definition) is 3. The predicted molar refractivity (Wildman–Crippen MR) is 73.5 cm³/mol. The molecule has 4 nitrogen and oxygen atoms in total. The van der Waals surface area contributed by atoms with Gasteiger partial charge in [0.05, 0.1) is 6.54 Å². The van der Waals surface area contributed by atoms with Crippen LogP contribution < -0.4 is 5.32 Å². The van der Waals surface area contributed by atoms with Gasteiger partial charge in [0.2, 0.25) is 11.8 Å². The summed E-state index contributed by atoms with van der Waals surface area (Å²) >= 11 is 1.92. The molecule has 1 aliphatic carbocycles. The number of thioether (sulfide) groups is 1. The van der Waals surface area contributed by atoms with Crippen molar-refractivity contribution in [1.82, 2.24) is 10.2 Å². The molecule has 1 heterocycles. The Morgan fingerprint density at radius 3 is 2.50 bits per heavy atom. The lowest BCUT2D eigenvalue weighted by molar-refractivity contribution is -0.149. The zero-order valence-corrected chi connectivity index (χ0v) is 12.0. The quantitative estimate of drug-likeness (QED) is 0.843. The fraction of sp³-hybridized carbons (Fsp3) is 0.846. The first-order chi connectivity index (χ1) is 8.67. The van der Waals surface area contributed by atoms with Gasteiger partial charge in [-0.3, -0.25) is 9.59 Å². The van der Waals surface area contributed by atoms with E-state index in [1.54, 1.807) is 0 Å². The Morgan fingerprint density at radius 1 is 1.28 bits per heavy atom. The molecule has 18 heavy (non-hydrogen) atoms. The monoisotopic (exact) mass is 270 g/mol. The molecule has 5 heteroatoms. The fourth-order valence-corrected chi connectivity index (χ4v) is 3.81. The molecular weight excluding hydrogens is 248 g/mol. The summed E-state index contributed by atoms with van der Waals surface area (Å²) in [5.41, 5.74) is 0. The van der Waals surface area contributed by atoms with Gasteiger partial charge in [0.25, 0.3) is 0 Å². The lowest BCUT2D eigenvalue weighted by atomic mass is 9.91. The predicted octanol–water partition coefficient (Wildman–Crippen LogP) is 1.40. The molecule has 2 amide bonds. The molecule has 0 bridgehead atoms. The summed E-state index contributed by atoms with van der Waals surface area (Å²) < 4.78 is 0. The molecule has 1 saturated heterocycles. The number of nitrogens with one attached hydrogen (secondary N) is 1. The van der Waals surface area contributed by atoms with Crippen molar-refractivity contribution < 1.29 is 9.59 Å². The minimum Gasteiger partial charge on any atom is -0.345 e. The van der Waals surface area contributed by atoms with Crippen molar-refractivity contribution in [3.05, 3.63) is 0 Å². The Morgan fingerprint density at radius 2 is 1.94 bits per heavy atom. The molecule has 102 valence electrons. The Kier molecular flexibility index (Phi) is 4.54. The molecule has 2 aliphatic rings. The minimum absolute atomic E-state index is 0.0177. The largest absolute Gasteiger partial charge is 0.345 e. The summed E-state index contributed by atoms with van der Waals surface area (Å²) in [5, 5.41) is 3.42. The molecule has 0 aromatic rings. The van der Waals surface area contributed by atoms with Gasteiger partial charge in [0.15, 0.2) is 0 Å². The van der Waals surface area contributed by atoms with Gasteiger partial charge in [-0.2, -0.15) is 11.8 Å².